The van der Waals surface area contributed by atoms with Gasteiger partial charge in [-0.3, -0.25) is 0 Å². The highest BCUT2D eigenvalue weighted by Gasteiger charge is 2.13. The monoisotopic (exact) mass is 321 g/mol. The van der Waals surface area contributed by atoms with Crippen molar-refractivity contribution in [1.82, 2.24) is 4.98 Å². The molecule has 3 nitrogen and oxygen atoms in total. The van der Waals surface area contributed by atoms with Crippen molar-refractivity contribution >= 4 is 34.7 Å². The zero-order valence-electron chi connectivity index (χ0n) is 11.6. The number of hydrogen-bond acceptors (Lipinski definition) is 3. The fourth-order valence-electron chi connectivity index (χ4n) is 2.52. The van der Waals surface area contributed by atoms with Gasteiger partial charge in [0.25, 0.3) is 0 Å². The first kappa shape index (κ1) is 14.5. The molecule has 5 heteroatoms. The van der Waals surface area contributed by atoms with E-state index in [4.69, 9.17) is 23.2 Å². The van der Waals surface area contributed by atoms with Crippen LogP contribution in [0.3, 0.4) is 0 Å². The quantitative estimate of drug-likeness (QED) is 0.891. The fraction of sp³-hybridized carbons (Fsp3) is 0.312. The third kappa shape index (κ3) is 3.42. The highest BCUT2D eigenvalue weighted by molar-refractivity contribution is 6.36. The molecule has 0 unspecified atom stereocenters. The molecule has 1 saturated heterocycles. The van der Waals surface area contributed by atoms with Gasteiger partial charge >= 0.3 is 0 Å². The molecule has 0 atom stereocenters. The normalized spacial score (nSPS) is 14.5. The number of halogens is 2. The minimum Gasteiger partial charge on any atom is -0.380 e. The lowest BCUT2D eigenvalue weighted by Gasteiger charge is -2.16. The van der Waals surface area contributed by atoms with Crippen molar-refractivity contribution in [3.8, 4) is 0 Å². The van der Waals surface area contributed by atoms with Crippen LogP contribution in [0.1, 0.15) is 18.4 Å². The van der Waals surface area contributed by atoms with E-state index in [0.717, 1.165) is 30.2 Å². The van der Waals surface area contributed by atoms with Crippen LogP contribution in [0.25, 0.3) is 0 Å². The molecule has 0 radical (unpaired) electrons. The molecule has 1 aliphatic heterocycles. The van der Waals surface area contributed by atoms with Crippen LogP contribution in [-0.4, -0.2) is 18.1 Å². The summed E-state index contributed by atoms with van der Waals surface area (Å²) in [6.45, 7) is 2.80. The molecular weight excluding hydrogens is 305 g/mol. The van der Waals surface area contributed by atoms with Gasteiger partial charge in [0, 0.05) is 35.2 Å². The van der Waals surface area contributed by atoms with Crippen LogP contribution in [0.15, 0.2) is 36.5 Å². The first-order valence-electron chi connectivity index (χ1n) is 7.12. The first-order valence-corrected chi connectivity index (χ1v) is 7.87. The van der Waals surface area contributed by atoms with Gasteiger partial charge < -0.3 is 10.2 Å². The highest BCUT2D eigenvalue weighted by Crippen LogP contribution is 2.25. The molecular formula is C16H17Cl2N3. The van der Waals surface area contributed by atoms with Crippen LogP contribution in [0.5, 0.6) is 0 Å². The van der Waals surface area contributed by atoms with Gasteiger partial charge in [-0.1, -0.05) is 29.3 Å². The zero-order valence-corrected chi connectivity index (χ0v) is 13.2. The van der Waals surface area contributed by atoms with Crippen LogP contribution in [0.2, 0.25) is 10.0 Å². The third-order valence-corrected chi connectivity index (χ3v) is 4.42. The smallest absolute Gasteiger partial charge is 0.128 e. The van der Waals surface area contributed by atoms with E-state index in [-0.39, 0.29) is 0 Å². The Morgan fingerprint density at radius 1 is 1.05 bits per heavy atom. The average Bonchev–Trinajstić information content (AvgIpc) is 3.02. The van der Waals surface area contributed by atoms with Crippen LogP contribution in [0, 0.1) is 0 Å². The first-order chi connectivity index (χ1) is 10.2. The summed E-state index contributed by atoms with van der Waals surface area (Å²) in [5.41, 5.74) is 1.87. The van der Waals surface area contributed by atoms with Crippen molar-refractivity contribution < 1.29 is 0 Å². The molecule has 0 spiro atoms. The summed E-state index contributed by atoms with van der Waals surface area (Å²) in [7, 11) is 0. The molecule has 2 heterocycles. The maximum atomic E-state index is 6.16. The van der Waals surface area contributed by atoms with Gasteiger partial charge in [0.05, 0.1) is 11.9 Å². The van der Waals surface area contributed by atoms with E-state index in [9.17, 15) is 0 Å². The van der Waals surface area contributed by atoms with Gasteiger partial charge in [0.2, 0.25) is 0 Å². The Morgan fingerprint density at radius 2 is 1.76 bits per heavy atom. The van der Waals surface area contributed by atoms with Gasteiger partial charge in [0.15, 0.2) is 0 Å². The second-order valence-corrected chi connectivity index (χ2v) is 5.97. The number of benzene rings is 1. The van der Waals surface area contributed by atoms with E-state index in [2.05, 4.69) is 21.3 Å². The Morgan fingerprint density at radius 3 is 2.38 bits per heavy atom. The SMILES string of the molecule is Clc1cccc(Cl)c1CNc1ccc(N2CCCC2)nc1. The fourth-order valence-corrected chi connectivity index (χ4v) is 3.05. The molecule has 0 amide bonds. The Balaban J connectivity index is 1.65. The lowest BCUT2D eigenvalue weighted by molar-refractivity contribution is 0.937. The van der Waals surface area contributed by atoms with Gasteiger partial charge in [-0.05, 0) is 37.1 Å². The molecule has 1 aromatic carbocycles. The molecule has 1 N–H and O–H groups in total. The summed E-state index contributed by atoms with van der Waals surface area (Å²) in [6, 6.07) is 9.65. The zero-order chi connectivity index (χ0) is 14.7. The summed E-state index contributed by atoms with van der Waals surface area (Å²) < 4.78 is 0. The van der Waals surface area contributed by atoms with Crippen LogP contribution >= 0.6 is 23.2 Å². The van der Waals surface area contributed by atoms with Crippen molar-refractivity contribution in [3.63, 3.8) is 0 Å². The summed E-state index contributed by atoms with van der Waals surface area (Å²) in [6.07, 6.45) is 4.37. The number of anilines is 2. The van der Waals surface area contributed by atoms with Gasteiger partial charge in [-0.25, -0.2) is 4.98 Å². The lowest BCUT2D eigenvalue weighted by atomic mass is 10.2. The minimum atomic E-state index is 0.587. The van der Waals surface area contributed by atoms with Crippen LogP contribution in [0.4, 0.5) is 11.5 Å². The molecule has 1 fully saturated rings. The number of aromatic nitrogens is 1. The Bertz CT molecular complexity index is 587. The van der Waals surface area contributed by atoms with E-state index in [1.807, 2.05) is 30.5 Å². The number of nitrogens with one attached hydrogen (secondary N) is 1. The summed E-state index contributed by atoms with van der Waals surface area (Å²) in [4.78, 5) is 6.83. The summed E-state index contributed by atoms with van der Waals surface area (Å²) in [5.74, 6) is 1.05. The molecule has 2 aromatic rings. The number of pyridine rings is 1. The standard InChI is InChI=1S/C16H17Cl2N3/c17-14-4-3-5-15(18)13(14)11-19-12-6-7-16(20-10-12)21-8-1-2-9-21/h3-7,10,19H,1-2,8-9,11H2. The van der Waals surface area contributed by atoms with Crippen LogP contribution in [-0.2, 0) is 6.54 Å². The van der Waals surface area contributed by atoms with E-state index in [1.54, 1.807) is 0 Å². The number of hydrogen-bond donors (Lipinski definition) is 1. The molecule has 110 valence electrons. The van der Waals surface area contributed by atoms with E-state index >= 15 is 0 Å². The average molecular weight is 322 g/mol. The van der Waals surface area contributed by atoms with E-state index in [0.29, 0.717) is 16.6 Å². The van der Waals surface area contributed by atoms with E-state index < -0.39 is 0 Å². The van der Waals surface area contributed by atoms with Crippen LogP contribution < -0.4 is 10.2 Å². The summed E-state index contributed by atoms with van der Waals surface area (Å²) >= 11 is 12.3. The number of rotatable bonds is 4. The predicted octanol–water partition coefficient (Wildman–Crippen LogP) is 4.60. The van der Waals surface area contributed by atoms with E-state index in [1.165, 1.54) is 12.8 Å². The molecule has 0 aliphatic carbocycles. The molecule has 3 rings (SSSR count). The predicted molar refractivity (Wildman–Crippen MR) is 89.5 cm³/mol. The molecule has 1 aromatic heterocycles. The highest BCUT2D eigenvalue weighted by atomic mass is 35.5. The van der Waals surface area contributed by atoms with Gasteiger partial charge in [-0.15, -0.1) is 0 Å². The largest absolute Gasteiger partial charge is 0.380 e. The minimum absolute atomic E-state index is 0.587. The maximum Gasteiger partial charge on any atom is 0.128 e. The number of nitrogens with zero attached hydrogens (tertiary/aromatic N) is 2. The van der Waals surface area contributed by atoms with Crippen molar-refractivity contribution in [2.24, 2.45) is 0 Å². The molecule has 0 saturated carbocycles. The van der Waals surface area contributed by atoms with Gasteiger partial charge in [-0.2, -0.15) is 0 Å². The maximum absolute atomic E-state index is 6.16. The second kappa shape index (κ2) is 6.54. The van der Waals surface area contributed by atoms with Crippen molar-refractivity contribution in [1.29, 1.82) is 0 Å². The lowest BCUT2D eigenvalue weighted by Crippen LogP contribution is -2.18. The topological polar surface area (TPSA) is 28.2 Å². The van der Waals surface area contributed by atoms with Crippen molar-refractivity contribution in [3.05, 3.63) is 52.1 Å². The van der Waals surface area contributed by atoms with Gasteiger partial charge in [0.1, 0.15) is 5.82 Å². The Hall–Kier alpha value is -1.45. The van der Waals surface area contributed by atoms with Crippen molar-refractivity contribution in [2.45, 2.75) is 19.4 Å². The Kier molecular flexibility index (Phi) is 4.51. The van der Waals surface area contributed by atoms with Crippen molar-refractivity contribution in [2.75, 3.05) is 23.3 Å². The molecule has 1 aliphatic rings. The molecule has 21 heavy (non-hydrogen) atoms. The third-order valence-electron chi connectivity index (χ3n) is 3.71. The Labute approximate surface area is 134 Å². The molecule has 0 bridgehead atoms. The summed E-state index contributed by atoms with van der Waals surface area (Å²) in [5, 5.41) is 4.67. The second-order valence-electron chi connectivity index (χ2n) is 5.15.